The summed E-state index contributed by atoms with van der Waals surface area (Å²) >= 11 is 12.5. The van der Waals surface area contributed by atoms with Crippen LogP contribution in [0.15, 0.2) is 35.5 Å². The molecule has 1 unspecified atom stereocenters. The zero-order valence-electron chi connectivity index (χ0n) is 22.8. The summed E-state index contributed by atoms with van der Waals surface area (Å²) in [5, 5.41) is 19.2. The number of nitrogens with zero attached hydrogens (tertiary/aromatic N) is 6. The topological polar surface area (TPSA) is 128 Å². The first-order valence-electron chi connectivity index (χ1n) is 13.4. The van der Waals surface area contributed by atoms with Gasteiger partial charge in [0.15, 0.2) is 0 Å². The van der Waals surface area contributed by atoms with Crippen molar-refractivity contribution >= 4 is 46.9 Å². The predicted octanol–water partition coefficient (Wildman–Crippen LogP) is 5.20. The Hall–Kier alpha value is -2.79. The number of piperazine rings is 1. The fourth-order valence-electron chi connectivity index (χ4n) is 5.37. The summed E-state index contributed by atoms with van der Waals surface area (Å²) < 4.78 is 0. The lowest BCUT2D eigenvalue weighted by Gasteiger charge is -2.47. The smallest absolute Gasteiger partial charge is 0.289 e. The monoisotopic (exact) mass is 576 g/mol. The lowest BCUT2D eigenvalue weighted by molar-refractivity contribution is -0.385. The molecule has 2 aliphatic rings. The molecular formula is C27H38Cl2N8O2. The Labute approximate surface area is 240 Å². The Balaban J connectivity index is 0.00000205. The van der Waals surface area contributed by atoms with Crippen LogP contribution in [0.2, 0.25) is 10.0 Å². The molecule has 2 fully saturated rings. The van der Waals surface area contributed by atoms with E-state index >= 15 is 0 Å². The number of hydrogen-bond donors (Lipinski definition) is 2. The molecule has 3 N–H and O–H groups in total. The summed E-state index contributed by atoms with van der Waals surface area (Å²) in [7, 11) is 0. The van der Waals surface area contributed by atoms with Gasteiger partial charge in [-0.25, -0.2) is 9.98 Å². The third-order valence-electron chi connectivity index (χ3n) is 7.29. The number of aliphatic imine (C=N–C) groups is 1. The lowest BCUT2D eigenvalue weighted by atomic mass is 9.97. The number of likely N-dealkylation sites (tertiary alicyclic amines) is 1. The molecule has 0 bridgehead atoms. The van der Waals surface area contributed by atoms with Crippen LogP contribution in [0.1, 0.15) is 51.2 Å². The fraction of sp³-hybridized carbons (Fsp3) is 0.519. The molecule has 4 rings (SSSR count). The minimum atomic E-state index is -0.478. The number of hydrogen-bond acceptors (Lipinski definition) is 7. The maximum absolute atomic E-state index is 11.0. The van der Waals surface area contributed by atoms with E-state index in [2.05, 4.69) is 31.6 Å². The number of nitro groups is 1. The van der Waals surface area contributed by atoms with Gasteiger partial charge in [0.05, 0.1) is 9.95 Å². The zero-order valence-corrected chi connectivity index (χ0v) is 24.3. The second-order valence-electron chi connectivity index (χ2n) is 9.45. The van der Waals surface area contributed by atoms with Crippen molar-refractivity contribution in [1.82, 2.24) is 14.8 Å². The van der Waals surface area contributed by atoms with Gasteiger partial charge in [0.1, 0.15) is 24.2 Å². The van der Waals surface area contributed by atoms with Crippen LogP contribution >= 0.6 is 23.2 Å². The Morgan fingerprint density at radius 2 is 1.95 bits per heavy atom. The highest BCUT2D eigenvalue weighted by atomic mass is 35.5. The van der Waals surface area contributed by atoms with Gasteiger partial charge >= 0.3 is 0 Å². The molecule has 1 aromatic heterocycles. The Morgan fingerprint density at radius 3 is 2.56 bits per heavy atom. The molecule has 212 valence electrons. The molecule has 0 spiro atoms. The molecule has 0 radical (unpaired) electrons. The summed E-state index contributed by atoms with van der Waals surface area (Å²) in [6.45, 7) is 11.4. The van der Waals surface area contributed by atoms with Crippen molar-refractivity contribution in [3.8, 4) is 0 Å². The number of nitrogens with two attached hydrogens (primary N) is 1. The number of nitrogens with one attached hydrogen (secondary N) is 1. The summed E-state index contributed by atoms with van der Waals surface area (Å²) in [6.07, 6.45) is 5.36. The third kappa shape index (κ3) is 7.66. The Kier molecular flexibility index (Phi) is 11.5. The first-order chi connectivity index (χ1) is 18.8. The predicted molar refractivity (Wildman–Crippen MR) is 160 cm³/mol. The molecule has 1 atom stereocenters. The maximum Gasteiger partial charge on any atom is 0.289 e. The molecule has 10 nitrogen and oxygen atoms in total. The van der Waals surface area contributed by atoms with Gasteiger partial charge in [-0.15, -0.1) is 0 Å². The zero-order chi connectivity index (χ0) is 28.5. The molecule has 2 saturated heterocycles. The van der Waals surface area contributed by atoms with E-state index in [1.54, 1.807) is 0 Å². The molecule has 2 aliphatic heterocycles. The van der Waals surface area contributed by atoms with E-state index in [-0.39, 0.29) is 5.69 Å². The third-order valence-corrected chi connectivity index (χ3v) is 7.80. The Morgan fingerprint density at radius 1 is 1.23 bits per heavy atom. The minimum Gasteiger partial charge on any atom is -0.383 e. The quantitative estimate of drug-likeness (QED) is 0.191. The van der Waals surface area contributed by atoms with Crippen LogP contribution in [0.3, 0.4) is 0 Å². The molecule has 2 aromatic rings. The number of anilines is 1. The second-order valence-corrected chi connectivity index (χ2v) is 10.3. The largest absolute Gasteiger partial charge is 0.383 e. The van der Waals surface area contributed by atoms with Crippen LogP contribution in [-0.4, -0.2) is 76.7 Å². The van der Waals surface area contributed by atoms with Crippen molar-refractivity contribution in [3.05, 3.63) is 61.7 Å². The van der Waals surface area contributed by atoms with Crippen molar-refractivity contribution in [3.63, 3.8) is 0 Å². The number of rotatable bonds is 8. The van der Waals surface area contributed by atoms with Gasteiger partial charge < -0.3 is 10.6 Å². The number of piperidine rings is 1. The van der Waals surface area contributed by atoms with Gasteiger partial charge in [0, 0.05) is 54.9 Å². The maximum atomic E-state index is 11.0. The van der Waals surface area contributed by atoms with E-state index in [1.165, 1.54) is 12.3 Å². The summed E-state index contributed by atoms with van der Waals surface area (Å²) in [6, 6.07) is 7.89. The van der Waals surface area contributed by atoms with Gasteiger partial charge in [0.25, 0.3) is 5.69 Å². The highest BCUT2D eigenvalue weighted by Gasteiger charge is 2.34. The van der Waals surface area contributed by atoms with Gasteiger partial charge in [-0.3, -0.25) is 25.3 Å². The molecule has 3 heterocycles. The van der Waals surface area contributed by atoms with E-state index < -0.39 is 4.92 Å². The van der Waals surface area contributed by atoms with E-state index in [0.29, 0.717) is 33.8 Å². The lowest BCUT2D eigenvalue weighted by Crippen LogP contribution is -2.58. The van der Waals surface area contributed by atoms with Crippen LogP contribution in [-0.2, 0) is 6.54 Å². The molecule has 0 amide bonds. The number of benzene rings is 1. The van der Waals surface area contributed by atoms with Gasteiger partial charge in [-0.1, -0.05) is 50.0 Å². The summed E-state index contributed by atoms with van der Waals surface area (Å²) in [4.78, 5) is 26.0. The molecule has 39 heavy (non-hydrogen) atoms. The standard InChI is InChI=1S/C25H32Cl2N8O2.C2H6/c1-2-19-15-33(25-23(27)12-21(13-30-25)35(36)37)9-10-34(19)20-5-7-32(8-6-20)14-17-3-4-18(26)11-22(17)24(29)31-16-28;1-2/h3-4,11-13,16,19-20H,2,5-10,14-15H2,1H3,(H3,28,29,31);1-2H3. The number of pyridine rings is 1. The summed E-state index contributed by atoms with van der Waals surface area (Å²) in [5.41, 5.74) is 7.82. The molecule has 12 heteroatoms. The van der Waals surface area contributed by atoms with Crippen LogP contribution < -0.4 is 10.6 Å². The van der Waals surface area contributed by atoms with E-state index in [4.69, 9.17) is 34.3 Å². The highest BCUT2D eigenvalue weighted by Crippen LogP contribution is 2.31. The molecule has 0 aliphatic carbocycles. The first-order valence-corrected chi connectivity index (χ1v) is 14.2. The fourth-order valence-corrected chi connectivity index (χ4v) is 5.83. The highest BCUT2D eigenvalue weighted by molar-refractivity contribution is 6.33. The normalized spacial score (nSPS) is 19.4. The van der Waals surface area contributed by atoms with E-state index in [1.807, 2.05) is 32.0 Å². The van der Waals surface area contributed by atoms with Crippen LogP contribution in [0.5, 0.6) is 0 Å². The Bertz CT molecular complexity index is 1170. The van der Waals surface area contributed by atoms with Crippen molar-refractivity contribution < 1.29 is 4.92 Å². The van der Waals surface area contributed by atoms with E-state index in [0.717, 1.165) is 76.0 Å². The van der Waals surface area contributed by atoms with Crippen molar-refractivity contribution in [2.75, 3.05) is 37.6 Å². The number of aromatic nitrogens is 1. The summed E-state index contributed by atoms with van der Waals surface area (Å²) in [5.74, 6) is 0.915. The van der Waals surface area contributed by atoms with Crippen molar-refractivity contribution in [2.45, 2.75) is 58.7 Å². The molecular weight excluding hydrogens is 539 g/mol. The average molecular weight is 578 g/mol. The van der Waals surface area contributed by atoms with Gasteiger partial charge in [-0.05, 0) is 50.0 Å². The van der Waals surface area contributed by atoms with Gasteiger partial charge in [-0.2, -0.15) is 0 Å². The van der Waals surface area contributed by atoms with Crippen molar-refractivity contribution in [2.24, 2.45) is 10.7 Å². The first kappa shape index (κ1) is 30.7. The minimum absolute atomic E-state index is 0.0957. The van der Waals surface area contributed by atoms with Gasteiger partial charge in [0.2, 0.25) is 0 Å². The SMILES string of the molecule is CC.CCC1CN(c2ncc([N+](=O)[O-])cc2Cl)CCN1C1CCN(Cc2ccc(Cl)cc2C(N)=NC=N)CC1. The number of amidine groups is 1. The van der Waals surface area contributed by atoms with Crippen LogP contribution in [0, 0.1) is 15.5 Å². The van der Waals surface area contributed by atoms with Crippen LogP contribution in [0.4, 0.5) is 11.5 Å². The van der Waals surface area contributed by atoms with Crippen molar-refractivity contribution in [1.29, 1.82) is 5.41 Å². The van der Waals surface area contributed by atoms with E-state index in [9.17, 15) is 10.1 Å². The van der Waals surface area contributed by atoms with Crippen LogP contribution in [0.25, 0.3) is 0 Å². The average Bonchev–Trinajstić information content (AvgIpc) is 2.95. The molecule has 1 aromatic carbocycles. The molecule has 0 saturated carbocycles. The number of halogens is 2. The second kappa shape index (κ2) is 14.6.